The minimum absolute atomic E-state index is 0.297. The standard InChI is InChI=1S/C17H20N2O/c20-17-9-5-15(6-10-17)18-13-14-3-7-16(8-4-14)19-11-1-2-12-19/h3-10,18,20H,1-2,11-13H2. The first-order valence-corrected chi connectivity index (χ1v) is 7.18. The maximum atomic E-state index is 9.24. The van der Waals surface area contributed by atoms with Crippen molar-refractivity contribution >= 4 is 11.4 Å². The number of aromatic hydroxyl groups is 1. The van der Waals surface area contributed by atoms with E-state index in [2.05, 4.69) is 34.5 Å². The number of phenolic OH excluding ortho intramolecular Hbond substituents is 1. The fraction of sp³-hybridized carbons (Fsp3) is 0.294. The zero-order valence-electron chi connectivity index (χ0n) is 11.5. The predicted octanol–water partition coefficient (Wildman–Crippen LogP) is 3.60. The van der Waals surface area contributed by atoms with E-state index < -0.39 is 0 Å². The maximum absolute atomic E-state index is 9.24. The van der Waals surface area contributed by atoms with Crippen LogP contribution in [-0.4, -0.2) is 18.2 Å². The maximum Gasteiger partial charge on any atom is 0.115 e. The molecule has 3 nitrogen and oxygen atoms in total. The van der Waals surface area contributed by atoms with Crippen LogP contribution >= 0.6 is 0 Å². The quantitative estimate of drug-likeness (QED) is 0.832. The average Bonchev–Trinajstić information content (AvgIpc) is 3.01. The molecule has 1 fully saturated rings. The molecule has 2 aromatic rings. The van der Waals surface area contributed by atoms with Crippen molar-refractivity contribution in [1.82, 2.24) is 0 Å². The zero-order valence-corrected chi connectivity index (χ0v) is 11.5. The molecule has 0 radical (unpaired) electrons. The third kappa shape index (κ3) is 3.05. The Morgan fingerprint density at radius 2 is 1.55 bits per heavy atom. The lowest BCUT2D eigenvalue weighted by Gasteiger charge is -2.17. The zero-order chi connectivity index (χ0) is 13.8. The third-order valence-electron chi connectivity index (χ3n) is 3.77. The molecular weight excluding hydrogens is 248 g/mol. The minimum Gasteiger partial charge on any atom is -0.508 e. The molecule has 1 saturated heterocycles. The van der Waals surface area contributed by atoms with Crippen LogP contribution in [0, 0.1) is 0 Å². The number of benzene rings is 2. The van der Waals surface area contributed by atoms with E-state index in [-0.39, 0.29) is 0 Å². The molecule has 0 amide bonds. The number of hydrogen-bond acceptors (Lipinski definition) is 3. The Kier molecular flexibility index (Phi) is 3.77. The van der Waals surface area contributed by atoms with Crippen molar-refractivity contribution in [2.24, 2.45) is 0 Å². The molecule has 104 valence electrons. The van der Waals surface area contributed by atoms with E-state index in [1.807, 2.05) is 12.1 Å². The molecule has 1 heterocycles. The molecule has 0 atom stereocenters. The summed E-state index contributed by atoms with van der Waals surface area (Å²) in [6, 6.07) is 15.9. The van der Waals surface area contributed by atoms with Crippen molar-refractivity contribution in [2.45, 2.75) is 19.4 Å². The van der Waals surface area contributed by atoms with E-state index in [1.54, 1.807) is 12.1 Å². The predicted molar refractivity (Wildman–Crippen MR) is 83.3 cm³/mol. The molecule has 3 rings (SSSR count). The van der Waals surface area contributed by atoms with Crippen molar-refractivity contribution in [3.63, 3.8) is 0 Å². The summed E-state index contributed by atoms with van der Waals surface area (Å²) in [5, 5.41) is 12.6. The second kappa shape index (κ2) is 5.87. The van der Waals surface area contributed by atoms with E-state index in [4.69, 9.17) is 0 Å². The van der Waals surface area contributed by atoms with Gasteiger partial charge in [0.15, 0.2) is 0 Å². The molecule has 1 aliphatic rings. The molecule has 2 aromatic carbocycles. The fourth-order valence-electron chi connectivity index (χ4n) is 2.58. The van der Waals surface area contributed by atoms with E-state index in [1.165, 1.54) is 37.2 Å². The summed E-state index contributed by atoms with van der Waals surface area (Å²) in [5.41, 5.74) is 3.61. The smallest absolute Gasteiger partial charge is 0.115 e. The highest BCUT2D eigenvalue weighted by Crippen LogP contribution is 2.21. The Morgan fingerprint density at radius 1 is 0.900 bits per heavy atom. The molecule has 1 aliphatic heterocycles. The molecule has 0 spiro atoms. The monoisotopic (exact) mass is 268 g/mol. The van der Waals surface area contributed by atoms with Crippen LogP contribution in [0.15, 0.2) is 48.5 Å². The summed E-state index contributed by atoms with van der Waals surface area (Å²) in [7, 11) is 0. The van der Waals surface area contributed by atoms with Crippen LogP contribution in [-0.2, 0) is 6.54 Å². The third-order valence-corrected chi connectivity index (χ3v) is 3.77. The van der Waals surface area contributed by atoms with Gasteiger partial charge in [-0.2, -0.15) is 0 Å². The van der Waals surface area contributed by atoms with Gasteiger partial charge in [-0.25, -0.2) is 0 Å². The lowest BCUT2D eigenvalue weighted by molar-refractivity contribution is 0.475. The minimum atomic E-state index is 0.297. The van der Waals surface area contributed by atoms with E-state index in [0.717, 1.165) is 12.2 Å². The van der Waals surface area contributed by atoms with Crippen LogP contribution in [0.3, 0.4) is 0 Å². The summed E-state index contributed by atoms with van der Waals surface area (Å²) in [6.45, 7) is 3.17. The molecular formula is C17H20N2O. The highest BCUT2D eigenvalue weighted by molar-refractivity contribution is 5.50. The van der Waals surface area contributed by atoms with Crippen LogP contribution in [0.4, 0.5) is 11.4 Å². The van der Waals surface area contributed by atoms with Gasteiger partial charge in [-0.15, -0.1) is 0 Å². The Morgan fingerprint density at radius 3 is 2.20 bits per heavy atom. The van der Waals surface area contributed by atoms with Gasteiger partial charge in [-0.3, -0.25) is 0 Å². The van der Waals surface area contributed by atoms with Crippen LogP contribution in [0.1, 0.15) is 18.4 Å². The molecule has 20 heavy (non-hydrogen) atoms. The van der Waals surface area contributed by atoms with Gasteiger partial charge < -0.3 is 15.3 Å². The second-order valence-corrected chi connectivity index (χ2v) is 5.26. The second-order valence-electron chi connectivity index (χ2n) is 5.26. The summed E-state index contributed by atoms with van der Waals surface area (Å²) in [4.78, 5) is 2.44. The first-order chi connectivity index (χ1) is 9.81. The van der Waals surface area contributed by atoms with Crippen LogP contribution in [0.5, 0.6) is 5.75 Å². The largest absolute Gasteiger partial charge is 0.508 e. The van der Waals surface area contributed by atoms with Gasteiger partial charge in [0, 0.05) is 31.0 Å². The number of anilines is 2. The lowest BCUT2D eigenvalue weighted by atomic mass is 10.2. The van der Waals surface area contributed by atoms with Crippen LogP contribution in [0.2, 0.25) is 0 Å². The first kappa shape index (κ1) is 12.9. The van der Waals surface area contributed by atoms with Gasteiger partial charge in [0.05, 0.1) is 0 Å². The fourth-order valence-corrected chi connectivity index (χ4v) is 2.58. The number of rotatable bonds is 4. The Hall–Kier alpha value is -2.16. The molecule has 0 saturated carbocycles. The Balaban J connectivity index is 1.59. The summed E-state index contributed by atoms with van der Waals surface area (Å²) >= 11 is 0. The SMILES string of the molecule is Oc1ccc(NCc2ccc(N3CCCC3)cc2)cc1. The summed E-state index contributed by atoms with van der Waals surface area (Å²) in [5.74, 6) is 0.297. The van der Waals surface area contributed by atoms with E-state index in [0.29, 0.717) is 5.75 Å². The van der Waals surface area contributed by atoms with Gasteiger partial charge >= 0.3 is 0 Å². The average molecular weight is 268 g/mol. The number of nitrogens with one attached hydrogen (secondary N) is 1. The molecule has 0 bridgehead atoms. The van der Waals surface area contributed by atoms with Crippen molar-refractivity contribution in [3.8, 4) is 5.75 Å². The van der Waals surface area contributed by atoms with Gasteiger partial charge in [0.25, 0.3) is 0 Å². The normalized spacial score (nSPS) is 14.5. The van der Waals surface area contributed by atoms with Crippen molar-refractivity contribution in [1.29, 1.82) is 0 Å². The van der Waals surface area contributed by atoms with Crippen molar-refractivity contribution < 1.29 is 5.11 Å². The molecule has 0 aromatic heterocycles. The van der Waals surface area contributed by atoms with Crippen LogP contribution in [0.25, 0.3) is 0 Å². The lowest BCUT2D eigenvalue weighted by Crippen LogP contribution is -2.17. The molecule has 3 heteroatoms. The first-order valence-electron chi connectivity index (χ1n) is 7.18. The van der Waals surface area contributed by atoms with Crippen molar-refractivity contribution in [2.75, 3.05) is 23.3 Å². The van der Waals surface area contributed by atoms with Crippen LogP contribution < -0.4 is 10.2 Å². The summed E-state index contributed by atoms with van der Waals surface area (Å²) < 4.78 is 0. The molecule has 0 aliphatic carbocycles. The number of hydrogen-bond donors (Lipinski definition) is 2. The van der Waals surface area contributed by atoms with Gasteiger partial charge in [-0.1, -0.05) is 12.1 Å². The summed E-state index contributed by atoms with van der Waals surface area (Å²) in [6.07, 6.45) is 2.62. The number of nitrogens with zero attached hydrogens (tertiary/aromatic N) is 1. The highest BCUT2D eigenvalue weighted by atomic mass is 16.3. The van der Waals surface area contributed by atoms with Gasteiger partial charge in [-0.05, 0) is 54.8 Å². The van der Waals surface area contributed by atoms with Crippen molar-refractivity contribution in [3.05, 3.63) is 54.1 Å². The van der Waals surface area contributed by atoms with E-state index >= 15 is 0 Å². The Bertz CT molecular complexity index is 542. The number of phenols is 1. The van der Waals surface area contributed by atoms with Gasteiger partial charge in [0.2, 0.25) is 0 Å². The topological polar surface area (TPSA) is 35.5 Å². The van der Waals surface area contributed by atoms with E-state index in [9.17, 15) is 5.11 Å². The molecule has 0 unspecified atom stereocenters. The van der Waals surface area contributed by atoms with Gasteiger partial charge in [0.1, 0.15) is 5.75 Å². The Labute approximate surface area is 119 Å². The highest BCUT2D eigenvalue weighted by Gasteiger charge is 2.11. The molecule has 2 N–H and O–H groups in total.